The molecule has 10 heteroatoms. The molecule has 0 aromatic heterocycles. The molecule has 1 fully saturated rings. The van der Waals surface area contributed by atoms with Crippen LogP contribution in [0.5, 0.6) is 0 Å². The normalized spacial score (nSPS) is 21.5. The number of benzene rings is 1. The van der Waals surface area contributed by atoms with Crippen molar-refractivity contribution >= 4 is 12.1 Å². The fourth-order valence-electron chi connectivity index (χ4n) is 3.57. The number of carboxylic acids is 1. The van der Waals surface area contributed by atoms with Crippen LogP contribution in [-0.4, -0.2) is 53.2 Å². The average Bonchev–Trinajstić information content (AvgIpc) is 2.82. The third kappa shape index (κ3) is 6.09. The zero-order valence-corrected chi connectivity index (χ0v) is 17.7. The number of likely N-dealkylation sites (tertiary alicyclic amines) is 1. The predicted octanol–water partition coefficient (Wildman–Crippen LogP) is 4.35. The molecule has 1 aromatic carbocycles. The van der Waals surface area contributed by atoms with Gasteiger partial charge in [0.15, 0.2) is 6.17 Å². The molecule has 2 atom stereocenters. The Labute approximate surface area is 178 Å². The molecule has 0 aliphatic carbocycles. The minimum Gasteiger partial charge on any atom is -0.481 e. The third-order valence-electron chi connectivity index (χ3n) is 5.35. The first-order valence-electron chi connectivity index (χ1n) is 9.95. The lowest BCUT2D eigenvalue weighted by Crippen LogP contribution is -2.55. The zero-order valence-electron chi connectivity index (χ0n) is 17.7. The van der Waals surface area contributed by atoms with Crippen LogP contribution in [-0.2, 0) is 16.1 Å². The highest BCUT2D eigenvalue weighted by Gasteiger charge is 2.69. The maximum absolute atomic E-state index is 14.3. The van der Waals surface area contributed by atoms with E-state index in [9.17, 15) is 32.3 Å². The third-order valence-corrected chi connectivity index (χ3v) is 5.35. The summed E-state index contributed by atoms with van der Waals surface area (Å²) >= 11 is 0. The predicted molar refractivity (Wildman–Crippen MR) is 105 cm³/mol. The number of hydrogen-bond acceptors (Lipinski definition) is 4. The summed E-state index contributed by atoms with van der Waals surface area (Å²) in [6.45, 7) is 3.52. The number of carbonyl (C=O) groups excluding carboxylic acids is 1. The molecule has 1 aliphatic heterocycles. The number of rotatable bonds is 8. The second-order valence-electron chi connectivity index (χ2n) is 8.81. The molecule has 2 N–H and O–H groups in total. The van der Waals surface area contributed by atoms with Crippen molar-refractivity contribution in [2.45, 2.75) is 58.2 Å². The molecular weight excluding hydrogens is 420 g/mol. The molecule has 2 rings (SSSR count). The fourth-order valence-corrected chi connectivity index (χ4v) is 3.57. The molecule has 6 nitrogen and oxygen atoms in total. The van der Waals surface area contributed by atoms with Gasteiger partial charge in [0.2, 0.25) is 0 Å². The fraction of sp³-hybridized carbons (Fsp3) is 0.619. The molecule has 1 saturated heterocycles. The number of alkyl halides is 4. The van der Waals surface area contributed by atoms with E-state index in [1.54, 1.807) is 51.1 Å². The lowest BCUT2D eigenvalue weighted by atomic mass is 9.78. The monoisotopic (exact) mass is 448 g/mol. The highest BCUT2D eigenvalue weighted by atomic mass is 19.3. The van der Waals surface area contributed by atoms with Gasteiger partial charge >= 0.3 is 23.9 Å². The highest BCUT2D eigenvalue weighted by Crippen LogP contribution is 2.45. The molecule has 0 radical (unpaired) electrons. The number of alkyl carbamates (subject to hydrolysis) is 1. The van der Waals surface area contributed by atoms with E-state index < -0.39 is 48.0 Å². The number of carboxylic acid groups (broad SMARTS) is 1. The van der Waals surface area contributed by atoms with Crippen molar-refractivity contribution in [3.05, 3.63) is 35.9 Å². The number of halogens is 4. The van der Waals surface area contributed by atoms with Gasteiger partial charge in [-0.1, -0.05) is 51.1 Å². The summed E-state index contributed by atoms with van der Waals surface area (Å²) in [4.78, 5) is 24.2. The number of nitrogens with zero attached hydrogens (tertiary/aromatic N) is 1. The van der Waals surface area contributed by atoms with E-state index in [0.717, 1.165) is 4.90 Å². The quantitative estimate of drug-likeness (QED) is 0.578. The molecule has 174 valence electrons. The number of hydrogen-bond donors (Lipinski definition) is 2. The molecule has 1 aliphatic rings. The standard InChI is InChI=1S/C21H28F4N2O4/c1-19(2,3)15(16(28)29)10-7-11-27-13-20(22,23)21(24,25)17(27)26-18(30)31-12-14-8-5-4-6-9-14/h4-6,8-9,15,17H,7,10-13H2,1-3H3,(H,26,30)(H,28,29)/t15-,17?/m1/s1. The van der Waals surface area contributed by atoms with Gasteiger partial charge in [0.1, 0.15) is 6.61 Å². The molecule has 1 aromatic rings. The Hall–Kier alpha value is -2.36. The maximum Gasteiger partial charge on any atom is 0.408 e. The summed E-state index contributed by atoms with van der Waals surface area (Å²) in [6.07, 6.45) is -3.28. The number of aliphatic carboxylic acids is 1. The second kappa shape index (κ2) is 9.42. The van der Waals surface area contributed by atoms with E-state index >= 15 is 0 Å². The van der Waals surface area contributed by atoms with Crippen molar-refractivity contribution in [2.24, 2.45) is 11.3 Å². The van der Waals surface area contributed by atoms with Gasteiger partial charge in [-0.25, -0.2) is 4.79 Å². The largest absolute Gasteiger partial charge is 0.481 e. The summed E-state index contributed by atoms with van der Waals surface area (Å²) in [5.74, 6) is -10.7. The van der Waals surface area contributed by atoms with Crippen LogP contribution in [0.2, 0.25) is 0 Å². The number of nitrogens with one attached hydrogen (secondary N) is 1. The van der Waals surface area contributed by atoms with Gasteiger partial charge in [0, 0.05) is 6.54 Å². The van der Waals surface area contributed by atoms with Crippen LogP contribution in [0.4, 0.5) is 22.4 Å². The number of amides is 1. The average molecular weight is 448 g/mol. The van der Waals surface area contributed by atoms with E-state index in [1.807, 2.05) is 5.32 Å². The van der Waals surface area contributed by atoms with E-state index in [0.29, 0.717) is 5.56 Å². The summed E-state index contributed by atoms with van der Waals surface area (Å²) in [7, 11) is 0. The first-order chi connectivity index (χ1) is 14.3. The minimum atomic E-state index is -4.50. The molecule has 0 spiro atoms. The van der Waals surface area contributed by atoms with Crippen LogP contribution < -0.4 is 5.32 Å². The molecular formula is C21H28F4N2O4. The Morgan fingerprint density at radius 2 is 1.84 bits per heavy atom. The van der Waals surface area contributed by atoms with Gasteiger partial charge in [0.25, 0.3) is 0 Å². The van der Waals surface area contributed by atoms with E-state index in [-0.39, 0.29) is 26.0 Å². The second-order valence-corrected chi connectivity index (χ2v) is 8.81. The van der Waals surface area contributed by atoms with Crippen molar-refractivity contribution < 1.29 is 37.0 Å². The smallest absolute Gasteiger partial charge is 0.408 e. The molecule has 0 bridgehead atoms. The van der Waals surface area contributed by atoms with Crippen molar-refractivity contribution in [2.75, 3.05) is 13.1 Å². The van der Waals surface area contributed by atoms with Crippen molar-refractivity contribution in [3.8, 4) is 0 Å². The van der Waals surface area contributed by atoms with E-state index in [4.69, 9.17) is 4.74 Å². The van der Waals surface area contributed by atoms with Gasteiger partial charge < -0.3 is 9.84 Å². The van der Waals surface area contributed by atoms with Crippen LogP contribution in [0, 0.1) is 11.3 Å². The van der Waals surface area contributed by atoms with Crippen molar-refractivity contribution in [1.29, 1.82) is 0 Å². The van der Waals surface area contributed by atoms with Gasteiger partial charge in [-0.3, -0.25) is 15.0 Å². The number of carbonyl (C=O) groups is 2. The summed E-state index contributed by atoms with van der Waals surface area (Å²) in [6, 6.07) is 8.47. The summed E-state index contributed by atoms with van der Waals surface area (Å²) in [5.41, 5.74) is 0.0313. The number of ether oxygens (including phenoxy) is 1. The van der Waals surface area contributed by atoms with Gasteiger partial charge in [-0.05, 0) is 23.8 Å². The topological polar surface area (TPSA) is 78.9 Å². The molecule has 0 saturated carbocycles. The first-order valence-corrected chi connectivity index (χ1v) is 9.95. The van der Waals surface area contributed by atoms with Crippen LogP contribution in [0.15, 0.2) is 30.3 Å². The zero-order chi connectivity index (χ0) is 23.4. The van der Waals surface area contributed by atoms with E-state index in [2.05, 4.69) is 0 Å². The van der Waals surface area contributed by atoms with Crippen LogP contribution in [0.25, 0.3) is 0 Å². The first kappa shape index (κ1) is 24.9. The van der Waals surface area contributed by atoms with Crippen molar-refractivity contribution in [3.63, 3.8) is 0 Å². The molecule has 1 unspecified atom stereocenters. The summed E-state index contributed by atoms with van der Waals surface area (Å²) < 4.78 is 61.4. The Kier molecular flexibility index (Phi) is 7.57. The lowest BCUT2D eigenvalue weighted by molar-refractivity contribution is -0.189. The van der Waals surface area contributed by atoms with E-state index in [1.165, 1.54) is 0 Å². The Morgan fingerprint density at radius 3 is 2.39 bits per heavy atom. The van der Waals surface area contributed by atoms with Crippen LogP contribution >= 0.6 is 0 Å². The molecule has 1 heterocycles. The van der Waals surface area contributed by atoms with Crippen LogP contribution in [0.3, 0.4) is 0 Å². The van der Waals surface area contributed by atoms with Gasteiger partial charge in [-0.15, -0.1) is 0 Å². The summed E-state index contributed by atoms with van der Waals surface area (Å²) in [5, 5.41) is 11.2. The molecule has 31 heavy (non-hydrogen) atoms. The molecule has 1 amide bonds. The van der Waals surface area contributed by atoms with Gasteiger partial charge in [-0.2, -0.15) is 17.6 Å². The SMILES string of the molecule is CC(C)(C)[C@H](CCCN1CC(F)(F)C(F)(F)C1NC(=O)OCc1ccccc1)C(=O)O. The van der Waals surface area contributed by atoms with Crippen molar-refractivity contribution in [1.82, 2.24) is 10.2 Å². The Bertz CT molecular complexity index is 768. The minimum absolute atomic E-state index is 0.0949. The lowest BCUT2D eigenvalue weighted by Gasteiger charge is -2.30. The maximum atomic E-state index is 14.3. The Balaban J connectivity index is 2.02. The van der Waals surface area contributed by atoms with Crippen LogP contribution in [0.1, 0.15) is 39.2 Å². The van der Waals surface area contributed by atoms with Gasteiger partial charge in [0.05, 0.1) is 12.5 Å². The highest BCUT2D eigenvalue weighted by molar-refractivity contribution is 5.70. The Morgan fingerprint density at radius 1 is 1.23 bits per heavy atom.